The molecular weight excluding hydrogens is 430 g/mol. The number of thioether (sulfide) groups is 1. The molecule has 2 amide bonds. The van der Waals surface area contributed by atoms with E-state index in [-0.39, 0.29) is 24.1 Å². The summed E-state index contributed by atoms with van der Waals surface area (Å²) < 4.78 is 0.662. The molecule has 0 atom stereocenters. The molecule has 0 radical (unpaired) electrons. The lowest BCUT2D eigenvalue weighted by Crippen LogP contribution is -2.43. The summed E-state index contributed by atoms with van der Waals surface area (Å²) in [6.45, 7) is 1.93. The van der Waals surface area contributed by atoms with Crippen LogP contribution in [-0.4, -0.2) is 34.3 Å². The van der Waals surface area contributed by atoms with Gasteiger partial charge in [-0.25, -0.2) is 0 Å². The first kappa shape index (κ1) is 19.7. The lowest BCUT2D eigenvalue weighted by Gasteiger charge is -2.28. The van der Waals surface area contributed by atoms with E-state index < -0.39 is 0 Å². The lowest BCUT2D eigenvalue weighted by atomic mass is 10.2. The highest BCUT2D eigenvalue weighted by Crippen LogP contribution is 2.32. The van der Waals surface area contributed by atoms with Gasteiger partial charge < -0.3 is 15.5 Å². The third-order valence-corrected chi connectivity index (χ3v) is 6.67. The fourth-order valence-electron chi connectivity index (χ4n) is 2.83. The minimum atomic E-state index is -0.207. The number of carbonyl (C=O) groups is 2. The topological polar surface area (TPSA) is 87.2 Å². The monoisotopic (exact) mass is 445 g/mol. The summed E-state index contributed by atoms with van der Waals surface area (Å²) in [7, 11) is 0. The van der Waals surface area contributed by atoms with Gasteiger partial charge in [0.25, 0.3) is 0 Å². The average Bonchev–Trinajstić information content (AvgIpc) is 3.16. The van der Waals surface area contributed by atoms with Gasteiger partial charge in [-0.3, -0.25) is 9.59 Å². The van der Waals surface area contributed by atoms with Gasteiger partial charge in [0, 0.05) is 10.7 Å². The number of amides is 2. The number of hydrogen-bond acceptors (Lipinski definition) is 7. The second kappa shape index (κ2) is 8.40. The Balaban J connectivity index is 1.41. The third kappa shape index (κ3) is 4.36. The van der Waals surface area contributed by atoms with Gasteiger partial charge in [0.15, 0.2) is 4.34 Å². The minimum Gasteiger partial charge on any atom is -0.330 e. The van der Waals surface area contributed by atoms with E-state index >= 15 is 0 Å². The first-order valence-electron chi connectivity index (χ1n) is 8.69. The Hall–Kier alpha value is -2.62. The van der Waals surface area contributed by atoms with Gasteiger partial charge in [-0.2, -0.15) is 0 Å². The third-order valence-electron chi connectivity index (χ3n) is 4.31. The highest BCUT2D eigenvalue weighted by molar-refractivity contribution is 8.01. The number of benzene rings is 2. The molecular formula is C19H16ClN5O2S2. The largest absolute Gasteiger partial charge is 0.330 e. The van der Waals surface area contributed by atoms with Crippen LogP contribution in [0.3, 0.4) is 0 Å². The number of aromatic nitrogens is 2. The summed E-state index contributed by atoms with van der Waals surface area (Å²) in [4.78, 5) is 26.1. The van der Waals surface area contributed by atoms with Crippen molar-refractivity contribution in [3.63, 3.8) is 0 Å². The average molecular weight is 446 g/mol. The highest BCUT2D eigenvalue weighted by Gasteiger charge is 2.26. The fourth-order valence-corrected chi connectivity index (χ4v) is 4.65. The van der Waals surface area contributed by atoms with E-state index in [4.69, 9.17) is 11.6 Å². The molecule has 7 nitrogen and oxygen atoms in total. The Labute approximate surface area is 180 Å². The van der Waals surface area contributed by atoms with Crippen molar-refractivity contribution in [3.05, 3.63) is 53.1 Å². The van der Waals surface area contributed by atoms with Gasteiger partial charge in [0.1, 0.15) is 6.54 Å². The van der Waals surface area contributed by atoms with Crippen LogP contribution < -0.4 is 15.5 Å². The Morgan fingerprint density at radius 1 is 1.28 bits per heavy atom. The van der Waals surface area contributed by atoms with Crippen molar-refractivity contribution < 1.29 is 9.59 Å². The molecule has 0 unspecified atom stereocenters. The predicted molar refractivity (Wildman–Crippen MR) is 118 cm³/mol. The molecule has 4 rings (SSSR count). The molecule has 0 saturated heterocycles. The van der Waals surface area contributed by atoms with Crippen molar-refractivity contribution in [2.45, 2.75) is 11.3 Å². The number of carbonyl (C=O) groups excluding carboxylic acids is 2. The fraction of sp³-hybridized carbons (Fsp3) is 0.158. The van der Waals surface area contributed by atoms with Gasteiger partial charge in [0.2, 0.25) is 16.9 Å². The number of halogens is 1. The van der Waals surface area contributed by atoms with Gasteiger partial charge in [-0.05, 0) is 36.8 Å². The SMILES string of the molecule is Cc1c(Cl)cccc1Nc1nnc(SCC(=O)N2CC(=O)Nc3ccccc32)s1. The Morgan fingerprint density at radius 3 is 2.97 bits per heavy atom. The van der Waals surface area contributed by atoms with Crippen LogP contribution in [0.5, 0.6) is 0 Å². The molecule has 148 valence electrons. The van der Waals surface area contributed by atoms with Crippen molar-refractivity contribution in [2.24, 2.45) is 0 Å². The Morgan fingerprint density at radius 2 is 2.10 bits per heavy atom. The van der Waals surface area contributed by atoms with Crippen LogP contribution in [0.2, 0.25) is 5.02 Å². The van der Waals surface area contributed by atoms with E-state index in [1.165, 1.54) is 28.0 Å². The summed E-state index contributed by atoms with van der Waals surface area (Å²) in [6, 6.07) is 12.9. The van der Waals surface area contributed by atoms with E-state index in [0.717, 1.165) is 11.3 Å². The zero-order valence-corrected chi connectivity index (χ0v) is 17.7. The van der Waals surface area contributed by atoms with E-state index in [1.807, 2.05) is 43.3 Å². The molecule has 1 aromatic heterocycles. The van der Waals surface area contributed by atoms with Gasteiger partial charge in [0.05, 0.1) is 17.1 Å². The van der Waals surface area contributed by atoms with Gasteiger partial charge in [-0.15, -0.1) is 10.2 Å². The molecule has 2 aromatic carbocycles. The maximum atomic E-state index is 12.7. The smallest absolute Gasteiger partial charge is 0.244 e. The summed E-state index contributed by atoms with van der Waals surface area (Å²) in [5.41, 5.74) is 3.13. The van der Waals surface area contributed by atoms with Crippen molar-refractivity contribution in [3.8, 4) is 0 Å². The lowest BCUT2D eigenvalue weighted by molar-refractivity contribution is -0.120. The summed E-state index contributed by atoms with van der Waals surface area (Å²) >= 11 is 8.79. The van der Waals surface area contributed by atoms with Crippen molar-refractivity contribution in [1.82, 2.24) is 10.2 Å². The number of para-hydroxylation sites is 2. The quantitative estimate of drug-likeness (QED) is 0.568. The predicted octanol–water partition coefficient (Wildman–Crippen LogP) is 4.32. The summed E-state index contributed by atoms with van der Waals surface area (Å²) in [5, 5.41) is 15.5. The Kier molecular flexibility index (Phi) is 5.70. The highest BCUT2D eigenvalue weighted by atomic mass is 35.5. The second-order valence-electron chi connectivity index (χ2n) is 6.24. The molecule has 2 N–H and O–H groups in total. The molecule has 10 heteroatoms. The zero-order valence-electron chi connectivity index (χ0n) is 15.3. The Bertz CT molecular complexity index is 1090. The van der Waals surface area contributed by atoms with Crippen LogP contribution in [0, 0.1) is 6.92 Å². The van der Waals surface area contributed by atoms with E-state index in [1.54, 1.807) is 6.07 Å². The normalized spacial score (nSPS) is 13.0. The number of nitrogens with zero attached hydrogens (tertiary/aromatic N) is 3. The van der Waals surface area contributed by atoms with Gasteiger partial charge in [-0.1, -0.05) is 52.9 Å². The number of rotatable bonds is 5. The second-order valence-corrected chi connectivity index (χ2v) is 8.85. The maximum absolute atomic E-state index is 12.7. The number of fused-ring (bicyclic) bond motifs is 1. The molecule has 2 heterocycles. The maximum Gasteiger partial charge on any atom is 0.244 e. The molecule has 0 saturated carbocycles. The van der Waals surface area contributed by atoms with Crippen LogP contribution in [0.4, 0.5) is 22.2 Å². The molecule has 0 aliphatic carbocycles. The number of nitrogens with one attached hydrogen (secondary N) is 2. The van der Waals surface area contributed by atoms with E-state index in [2.05, 4.69) is 20.8 Å². The van der Waals surface area contributed by atoms with E-state index in [0.29, 0.717) is 25.9 Å². The first-order chi connectivity index (χ1) is 14.0. The molecule has 29 heavy (non-hydrogen) atoms. The molecule has 0 bridgehead atoms. The van der Waals surface area contributed by atoms with Crippen LogP contribution in [0.1, 0.15) is 5.56 Å². The number of hydrogen-bond donors (Lipinski definition) is 2. The summed E-state index contributed by atoms with van der Waals surface area (Å²) in [6.07, 6.45) is 0. The van der Waals surface area contributed by atoms with Gasteiger partial charge >= 0.3 is 0 Å². The minimum absolute atomic E-state index is 0.00732. The molecule has 0 fully saturated rings. The van der Waals surface area contributed by atoms with Crippen LogP contribution in [0.25, 0.3) is 0 Å². The van der Waals surface area contributed by atoms with E-state index in [9.17, 15) is 9.59 Å². The number of anilines is 4. The zero-order chi connectivity index (χ0) is 20.4. The molecule has 1 aliphatic heterocycles. The van der Waals surface area contributed by atoms with Crippen LogP contribution >= 0.6 is 34.7 Å². The molecule has 1 aliphatic rings. The van der Waals surface area contributed by atoms with Crippen molar-refractivity contribution in [2.75, 3.05) is 27.8 Å². The standard InChI is InChI=1S/C19H16ClN5O2S2/c1-11-12(20)5-4-7-13(11)22-18-23-24-19(29-18)28-10-17(27)25-9-16(26)21-14-6-2-3-8-15(14)25/h2-8H,9-10H2,1H3,(H,21,26)(H,22,23). The van der Waals surface area contributed by atoms with Crippen molar-refractivity contribution >= 4 is 68.7 Å². The van der Waals surface area contributed by atoms with Crippen LogP contribution in [0.15, 0.2) is 46.8 Å². The van der Waals surface area contributed by atoms with Crippen LogP contribution in [-0.2, 0) is 9.59 Å². The molecule has 3 aromatic rings. The molecule has 0 spiro atoms. The summed E-state index contributed by atoms with van der Waals surface area (Å²) in [5.74, 6) is -0.207. The van der Waals surface area contributed by atoms with Crippen molar-refractivity contribution in [1.29, 1.82) is 0 Å². The first-order valence-corrected chi connectivity index (χ1v) is 10.9.